The van der Waals surface area contributed by atoms with Crippen LogP contribution in [0.15, 0.2) is 77.8 Å². The average molecular weight is 974 g/mol. The number of nitro benzene ring substituents is 1. The van der Waals surface area contributed by atoms with Crippen LogP contribution in [0.5, 0.6) is 17.4 Å². The van der Waals surface area contributed by atoms with Gasteiger partial charge in [-0.05, 0) is 112 Å². The van der Waals surface area contributed by atoms with E-state index in [-0.39, 0.29) is 75.1 Å². The molecule has 2 saturated carbocycles. The number of carbonyl (C=O) groups excluding carboxylic acids is 1. The first kappa shape index (κ1) is 48.1. The zero-order chi connectivity index (χ0) is 48.9. The van der Waals surface area contributed by atoms with Gasteiger partial charge in [-0.25, -0.2) is 26.3 Å². The number of fused-ring (bicyclic) bond motifs is 1. The summed E-state index contributed by atoms with van der Waals surface area (Å²) in [7, 11) is -4.69. The number of nitrogens with one attached hydrogen (secondary N) is 3. The lowest BCUT2D eigenvalue weighted by Crippen LogP contribution is -2.63. The first-order chi connectivity index (χ1) is 32.8. The Labute approximate surface area is 399 Å². The average Bonchev–Trinajstić information content (AvgIpc) is 3.93. The molecule has 3 aromatic carbocycles. The third kappa shape index (κ3) is 10.1. The van der Waals surface area contributed by atoms with Gasteiger partial charge in [0.1, 0.15) is 22.9 Å². The molecule has 4 heterocycles. The van der Waals surface area contributed by atoms with Crippen LogP contribution in [-0.2, 0) is 15.9 Å². The number of aliphatic hydroxyl groups is 1. The van der Waals surface area contributed by atoms with Crippen molar-refractivity contribution in [2.45, 2.75) is 107 Å². The number of pyridine rings is 1. The highest BCUT2D eigenvalue weighted by molar-refractivity contribution is 7.90. The van der Waals surface area contributed by atoms with Gasteiger partial charge in [-0.3, -0.25) is 19.8 Å². The van der Waals surface area contributed by atoms with Crippen LogP contribution in [0.2, 0.25) is 0 Å². The smallest absolute Gasteiger partial charge is 0.293 e. The lowest BCUT2D eigenvalue weighted by molar-refractivity contribution is -0.384. The van der Waals surface area contributed by atoms with E-state index in [1.807, 2.05) is 12.1 Å². The molecule has 15 nitrogen and oxygen atoms in total. The number of amides is 1. The minimum absolute atomic E-state index is 0.00144. The molecule has 4 N–H and O–H groups in total. The van der Waals surface area contributed by atoms with Gasteiger partial charge < -0.3 is 29.8 Å². The summed E-state index contributed by atoms with van der Waals surface area (Å²) in [6, 6.07) is 16.6. The molecule has 19 heteroatoms. The number of alkyl halides is 2. The van der Waals surface area contributed by atoms with Crippen molar-refractivity contribution in [2.24, 2.45) is 11.3 Å². The number of carbonyl (C=O) groups is 1. The van der Waals surface area contributed by atoms with E-state index in [9.17, 15) is 41.6 Å². The number of ether oxygens (including phenoxy) is 2. The van der Waals surface area contributed by atoms with Crippen molar-refractivity contribution in [3.63, 3.8) is 0 Å². The van der Waals surface area contributed by atoms with Gasteiger partial charge in [0.05, 0.1) is 33.0 Å². The molecule has 1 spiro atoms. The fourth-order valence-corrected chi connectivity index (χ4v) is 11.9. The number of H-pyrrole nitrogens is 1. The molecular formula is C50H58F3N7O8S. The topological polar surface area (TPSA) is 192 Å². The number of sulfonamides is 1. The Balaban J connectivity index is 0.934. The number of rotatable bonds is 15. The molecule has 5 aromatic rings. The molecule has 2 aliphatic heterocycles. The Kier molecular flexibility index (Phi) is 13.1. The quantitative estimate of drug-likeness (QED) is 0.0575. The fraction of sp³-hybridized carbons (Fsp3) is 0.480. The predicted molar refractivity (Wildman–Crippen MR) is 254 cm³/mol. The largest absolute Gasteiger partial charge is 0.475 e. The van der Waals surface area contributed by atoms with E-state index in [4.69, 9.17) is 9.47 Å². The highest BCUT2D eigenvalue weighted by Gasteiger charge is 2.50. The molecule has 4 fully saturated rings. The minimum atomic E-state index is -4.69. The number of nitrogens with zero attached hydrogens (tertiary/aromatic N) is 4. The number of aromatic amines is 1. The van der Waals surface area contributed by atoms with Crippen LogP contribution in [0, 0.1) is 27.3 Å². The molecule has 2 atom stereocenters. The number of anilines is 2. The van der Waals surface area contributed by atoms with Crippen molar-refractivity contribution in [1.82, 2.24) is 19.6 Å². The van der Waals surface area contributed by atoms with Gasteiger partial charge in [-0.15, -0.1) is 0 Å². The molecule has 368 valence electrons. The van der Waals surface area contributed by atoms with E-state index >= 15 is 0 Å². The van der Waals surface area contributed by atoms with Crippen LogP contribution in [0.3, 0.4) is 0 Å². The van der Waals surface area contributed by atoms with Gasteiger partial charge in [0.25, 0.3) is 33.4 Å². The molecule has 0 radical (unpaired) electrons. The molecule has 1 amide bonds. The Morgan fingerprint density at radius 1 is 1.01 bits per heavy atom. The maximum atomic E-state index is 14.9. The van der Waals surface area contributed by atoms with Crippen LogP contribution in [0.4, 0.5) is 30.2 Å². The summed E-state index contributed by atoms with van der Waals surface area (Å²) in [5, 5.41) is 25.7. The normalized spacial score (nSPS) is 22.9. The monoisotopic (exact) mass is 973 g/mol. The van der Waals surface area contributed by atoms with E-state index in [1.165, 1.54) is 24.3 Å². The summed E-state index contributed by atoms with van der Waals surface area (Å²) >= 11 is 0. The van der Waals surface area contributed by atoms with E-state index in [2.05, 4.69) is 29.8 Å². The number of hydrogen-bond donors (Lipinski definition) is 4. The van der Waals surface area contributed by atoms with Crippen molar-refractivity contribution in [3.05, 3.63) is 106 Å². The van der Waals surface area contributed by atoms with E-state index < -0.39 is 48.8 Å². The molecular weight excluding hydrogens is 916 g/mol. The maximum Gasteiger partial charge on any atom is 0.293 e. The number of nitro groups is 1. The van der Waals surface area contributed by atoms with Gasteiger partial charge in [0.15, 0.2) is 5.75 Å². The Hall–Kier alpha value is -5.92. The van der Waals surface area contributed by atoms with Gasteiger partial charge >= 0.3 is 0 Å². The number of likely N-dealkylation sites (tertiary alicyclic amines) is 1. The molecule has 4 aliphatic rings. The van der Waals surface area contributed by atoms with Crippen molar-refractivity contribution in [3.8, 4) is 17.4 Å². The summed E-state index contributed by atoms with van der Waals surface area (Å²) in [4.78, 5) is 36.9. The van der Waals surface area contributed by atoms with Crippen LogP contribution in [0.1, 0.15) is 106 Å². The minimum Gasteiger partial charge on any atom is -0.475 e. The van der Waals surface area contributed by atoms with Crippen molar-refractivity contribution in [2.75, 3.05) is 49.5 Å². The number of hydrogen-bond acceptors (Lipinski definition) is 12. The van der Waals surface area contributed by atoms with Gasteiger partial charge in [0.2, 0.25) is 0 Å². The highest BCUT2D eigenvalue weighted by Crippen LogP contribution is 2.50. The Morgan fingerprint density at radius 2 is 1.75 bits per heavy atom. The van der Waals surface area contributed by atoms with Crippen LogP contribution in [-0.4, -0.2) is 90.2 Å². The van der Waals surface area contributed by atoms with Crippen molar-refractivity contribution >= 4 is 44.0 Å². The second-order valence-corrected chi connectivity index (χ2v) is 21.4. The van der Waals surface area contributed by atoms with Crippen LogP contribution in [0.25, 0.3) is 11.0 Å². The first-order valence-corrected chi connectivity index (χ1v) is 25.2. The highest BCUT2D eigenvalue weighted by atomic mass is 32.2. The van der Waals surface area contributed by atoms with E-state index in [1.54, 1.807) is 38.1 Å². The number of halogens is 3. The molecule has 2 saturated heterocycles. The Bertz CT molecular complexity index is 2850. The lowest BCUT2D eigenvalue weighted by Gasteiger charge is -2.57. The third-order valence-corrected chi connectivity index (χ3v) is 16.1. The van der Waals surface area contributed by atoms with Crippen molar-refractivity contribution in [1.29, 1.82) is 0 Å². The van der Waals surface area contributed by atoms with E-state index in [0.717, 1.165) is 82.8 Å². The van der Waals surface area contributed by atoms with Crippen molar-refractivity contribution < 1.29 is 45.9 Å². The number of benzene rings is 3. The molecule has 69 heavy (non-hydrogen) atoms. The van der Waals surface area contributed by atoms with Crippen LogP contribution < -0.4 is 24.4 Å². The summed E-state index contributed by atoms with van der Waals surface area (Å²) in [5.41, 5.74) is 0.474. The number of piperidine rings is 1. The van der Waals surface area contributed by atoms with Crippen LogP contribution >= 0.6 is 0 Å². The summed E-state index contributed by atoms with van der Waals surface area (Å²) in [6.45, 7) is 8.10. The van der Waals surface area contributed by atoms with Gasteiger partial charge in [0, 0.05) is 81.3 Å². The van der Waals surface area contributed by atoms with E-state index in [0.29, 0.717) is 38.2 Å². The second-order valence-electron chi connectivity index (χ2n) is 19.7. The zero-order valence-electron chi connectivity index (χ0n) is 38.9. The second kappa shape index (κ2) is 18.8. The fourth-order valence-electron chi connectivity index (χ4n) is 10.9. The number of aromatic nitrogens is 2. The Morgan fingerprint density at radius 3 is 2.46 bits per heavy atom. The molecule has 0 bridgehead atoms. The standard InChI is InChI=1S/C50H58F3N7O8S/c1-4-67-47-44(26-37-39(51)28-55-45(37)56-47)68-43-24-32(58-22-20-50(21-23-58)29-59(30-50)41-11-7-9-35(41)34-8-5-6-10-38(34)49(3,52)53)12-14-36(43)46(61)57-69(65,66)33-13-15-40(42(25-33)60(63)64)54-27-31-16-18-48(2,62)19-17-31/h5-6,8,10,12-15,24-26,28,31,35,41,54,62H,4,7,9,11,16-23,27,29-30H2,1-3H3,(H,55,56)(H,57,61)/t31-,35-,41-,48-/m0/s1. The SMILES string of the molecule is CCOc1nc2[nH]cc(F)c2cc1Oc1cc(N2CCC3(CC2)CN([C@H]2CCC[C@H]2c2ccccc2C(C)(F)F)C3)ccc1C(=O)NS(=O)(=O)c1ccc(NC[C@H]2CC[C@](C)(O)CC2)c([N+](=O)[O-])c1. The third-order valence-electron chi connectivity index (χ3n) is 14.8. The molecule has 2 aliphatic carbocycles. The first-order valence-electron chi connectivity index (χ1n) is 23.7. The molecule has 9 rings (SSSR count). The summed E-state index contributed by atoms with van der Waals surface area (Å²) in [6.07, 6.45) is 8.32. The summed E-state index contributed by atoms with van der Waals surface area (Å²) in [5.74, 6) is -4.52. The summed E-state index contributed by atoms with van der Waals surface area (Å²) < 4.78 is 86.1. The molecule has 2 aromatic heterocycles. The van der Waals surface area contributed by atoms with Gasteiger partial charge in [-0.2, -0.15) is 4.98 Å². The van der Waals surface area contributed by atoms with Gasteiger partial charge in [-0.1, -0.05) is 30.7 Å². The predicted octanol–water partition coefficient (Wildman–Crippen LogP) is 9.62. The molecule has 0 unspecified atom stereocenters. The zero-order valence-corrected chi connectivity index (χ0v) is 39.7. The maximum absolute atomic E-state index is 14.9. The lowest BCUT2D eigenvalue weighted by atomic mass is 9.70.